The van der Waals surface area contributed by atoms with Crippen LogP contribution >= 0.6 is 0 Å². The van der Waals surface area contributed by atoms with Crippen LogP contribution in [0.25, 0.3) is 0 Å². The van der Waals surface area contributed by atoms with E-state index >= 15 is 0 Å². The smallest absolute Gasteiger partial charge is 0.382 e. The van der Waals surface area contributed by atoms with E-state index in [4.69, 9.17) is 5.11 Å². The number of hydrogen-bond donors (Lipinski definition) is 1. The third-order valence-electron chi connectivity index (χ3n) is 1.95. The third-order valence-corrected chi connectivity index (χ3v) is 1.95. The maximum Gasteiger partial charge on any atom is 0.415 e. The maximum atomic E-state index is 11.8. The highest BCUT2D eigenvalue weighted by atomic mass is 19.4. The molecule has 1 rings (SSSR count). The molecule has 0 spiro atoms. The van der Waals surface area contributed by atoms with E-state index in [1.807, 2.05) is 6.92 Å². The fourth-order valence-corrected chi connectivity index (χ4v) is 1.33. The zero-order valence-electron chi connectivity index (χ0n) is 6.80. The lowest BCUT2D eigenvalue weighted by Crippen LogP contribution is -2.51. The first kappa shape index (κ1) is 9.80. The average molecular weight is 183 g/mol. The normalized spacial score (nSPS) is 23.8. The molecule has 0 bridgehead atoms. The Morgan fingerprint density at radius 3 is 2.33 bits per heavy atom. The molecular formula is C7H12F3NO. The predicted molar refractivity (Wildman–Crippen MR) is 37.7 cm³/mol. The fraction of sp³-hybridized carbons (Fsp3) is 1.00. The molecule has 72 valence electrons. The molecule has 1 unspecified atom stereocenters. The van der Waals surface area contributed by atoms with Gasteiger partial charge in [-0.05, 0) is 5.92 Å². The summed E-state index contributed by atoms with van der Waals surface area (Å²) < 4.78 is 35.4. The van der Waals surface area contributed by atoms with Crippen LogP contribution in [-0.2, 0) is 0 Å². The molecule has 0 aromatic rings. The summed E-state index contributed by atoms with van der Waals surface area (Å²) in [4.78, 5) is 1.60. The van der Waals surface area contributed by atoms with Crippen LogP contribution in [0.4, 0.5) is 13.2 Å². The van der Waals surface area contributed by atoms with E-state index in [0.717, 1.165) is 0 Å². The number of rotatable bonds is 2. The van der Waals surface area contributed by atoms with Crippen LogP contribution in [0.5, 0.6) is 0 Å². The molecule has 12 heavy (non-hydrogen) atoms. The van der Waals surface area contributed by atoms with Gasteiger partial charge in [-0.2, -0.15) is 13.2 Å². The minimum atomic E-state index is -4.47. The van der Waals surface area contributed by atoms with Gasteiger partial charge in [0.2, 0.25) is 0 Å². The van der Waals surface area contributed by atoms with Crippen LogP contribution in [-0.4, -0.2) is 41.9 Å². The lowest BCUT2D eigenvalue weighted by molar-refractivity contribution is -0.211. The summed E-state index contributed by atoms with van der Waals surface area (Å²) in [6, 6.07) is 0. The number of alkyl halides is 3. The van der Waals surface area contributed by atoms with Gasteiger partial charge in [-0.1, -0.05) is 6.92 Å². The van der Waals surface area contributed by atoms with Crippen molar-refractivity contribution >= 4 is 0 Å². The Morgan fingerprint density at radius 1 is 1.50 bits per heavy atom. The zero-order valence-corrected chi connectivity index (χ0v) is 6.80. The van der Waals surface area contributed by atoms with Crippen LogP contribution in [0.3, 0.4) is 0 Å². The molecule has 2 nitrogen and oxygen atoms in total. The van der Waals surface area contributed by atoms with E-state index in [1.165, 1.54) is 0 Å². The maximum absolute atomic E-state index is 11.8. The van der Waals surface area contributed by atoms with Crippen LogP contribution in [0, 0.1) is 5.92 Å². The first-order chi connectivity index (χ1) is 5.39. The number of nitrogens with zero attached hydrogens (tertiary/aromatic N) is 1. The molecule has 0 aromatic heterocycles. The molecule has 0 saturated carbocycles. The Hall–Kier alpha value is -0.290. The summed E-state index contributed by atoms with van der Waals surface area (Å²) in [6.45, 7) is 3.00. The summed E-state index contributed by atoms with van der Waals surface area (Å²) in [6.07, 6.45) is -6.66. The van der Waals surface area contributed by atoms with Crippen molar-refractivity contribution in [1.82, 2.24) is 4.90 Å². The van der Waals surface area contributed by atoms with Gasteiger partial charge in [0.15, 0.2) is 6.10 Å². The molecule has 1 heterocycles. The third kappa shape index (κ3) is 2.35. The lowest BCUT2D eigenvalue weighted by atomic mass is 10.0. The van der Waals surface area contributed by atoms with Crippen molar-refractivity contribution in [3.05, 3.63) is 0 Å². The van der Waals surface area contributed by atoms with E-state index in [-0.39, 0.29) is 6.54 Å². The second kappa shape index (κ2) is 3.22. The van der Waals surface area contributed by atoms with Crippen molar-refractivity contribution in [1.29, 1.82) is 0 Å². The lowest BCUT2D eigenvalue weighted by Gasteiger charge is -2.38. The minimum Gasteiger partial charge on any atom is -0.382 e. The SMILES string of the molecule is CC1CN(CC(O)C(F)(F)F)C1. The van der Waals surface area contributed by atoms with Crippen molar-refractivity contribution in [3.63, 3.8) is 0 Å². The fourth-order valence-electron chi connectivity index (χ4n) is 1.33. The van der Waals surface area contributed by atoms with Crippen LogP contribution < -0.4 is 0 Å². The summed E-state index contributed by atoms with van der Waals surface area (Å²) in [7, 11) is 0. The standard InChI is InChI=1S/C7H12F3NO/c1-5-2-11(3-5)4-6(12)7(8,9)10/h5-6,12H,2-4H2,1H3. The Kier molecular flexibility index (Phi) is 2.63. The first-order valence-corrected chi connectivity index (χ1v) is 3.86. The number of aliphatic hydroxyl groups is 1. The van der Waals surface area contributed by atoms with E-state index in [1.54, 1.807) is 4.90 Å². The monoisotopic (exact) mass is 183 g/mol. The first-order valence-electron chi connectivity index (χ1n) is 3.86. The molecule has 1 fully saturated rings. The minimum absolute atomic E-state index is 0.284. The van der Waals surface area contributed by atoms with Gasteiger partial charge in [0.05, 0.1) is 0 Å². The van der Waals surface area contributed by atoms with Crippen LogP contribution in [0.1, 0.15) is 6.92 Å². The van der Waals surface area contributed by atoms with Gasteiger partial charge in [-0.3, -0.25) is 4.90 Å². The van der Waals surface area contributed by atoms with E-state index in [2.05, 4.69) is 0 Å². The second-order valence-corrected chi connectivity index (χ2v) is 3.38. The van der Waals surface area contributed by atoms with Crippen LogP contribution in [0.15, 0.2) is 0 Å². The average Bonchev–Trinajstić information content (AvgIpc) is 1.82. The highest BCUT2D eigenvalue weighted by Crippen LogP contribution is 2.23. The summed E-state index contributed by atoms with van der Waals surface area (Å²) >= 11 is 0. The van der Waals surface area contributed by atoms with Gasteiger partial charge < -0.3 is 5.11 Å². The summed E-state index contributed by atoms with van der Waals surface area (Å²) in [5.74, 6) is 0.463. The van der Waals surface area contributed by atoms with Crippen molar-refractivity contribution in [2.75, 3.05) is 19.6 Å². The molecule has 1 atom stereocenters. The van der Waals surface area contributed by atoms with Crippen LogP contribution in [0.2, 0.25) is 0 Å². The zero-order chi connectivity index (χ0) is 9.35. The molecule has 0 aromatic carbocycles. The number of likely N-dealkylation sites (tertiary alicyclic amines) is 1. The molecule has 1 saturated heterocycles. The molecule has 5 heteroatoms. The Balaban J connectivity index is 2.23. The van der Waals surface area contributed by atoms with Crippen molar-refractivity contribution in [2.24, 2.45) is 5.92 Å². The molecule has 1 aliphatic rings. The summed E-state index contributed by atoms with van der Waals surface area (Å²) in [5.41, 5.74) is 0. The number of hydrogen-bond acceptors (Lipinski definition) is 2. The summed E-state index contributed by atoms with van der Waals surface area (Å²) in [5, 5.41) is 8.64. The number of halogens is 3. The van der Waals surface area contributed by atoms with Gasteiger partial charge in [0.25, 0.3) is 0 Å². The molecular weight excluding hydrogens is 171 g/mol. The quantitative estimate of drug-likeness (QED) is 0.686. The Bertz CT molecular complexity index is 153. The molecule has 0 amide bonds. The van der Waals surface area contributed by atoms with Gasteiger partial charge in [-0.25, -0.2) is 0 Å². The number of β-amino-alcohol motifs (C(OH)–C–C–N with tert-alkyl or cyclic N) is 1. The Morgan fingerprint density at radius 2 is 2.00 bits per heavy atom. The van der Waals surface area contributed by atoms with Gasteiger partial charge in [-0.15, -0.1) is 0 Å². The van der Waals surface area contributed by atoms with Crippen molar-refractivity contribution < 1.29 is 18.3 Å². The highest BCUT2D eigenvalue weighted by Gasteiger charge is 2.40. The second-order valence-electron chi connectivity index (χ2n) is 3.38. The van der Waals surface area contributed by atoms with E-state index in [9.17, 15) is 13.2 Å². The molecule has 0 radical (unpaired) electrons. The molecule has 1 aliphatic heterocycles. The molecule has 0 aliphatic carbocycles. The van der Waals surface area contributed by atoms with E-state index < -0.39 is 12.3 Å². The van der Waals surface area contributed by atoms with Crippen molar-refractivity contribution in [3.8, 4) is 0 Å². The number of aliphatic hydroxyl groups excluding tert-OH is 1. The topological polar surface area (TPSA) is 23.5 Å². The Labute approximate surface area is 69.0 Å². The van der Waals surface area contributed by atoms with Gasteiger partial charge in [0, 0.05) is 19.6 Å². The van der Waals surface area contributed by atoms with Gasteiger partial charge >= 0.3 is 6.18 Å². The highest BCUT2D eigenvalue weighted by molar-refractivity contribution is 4.80. The molecule has 1 N–H and O–H groups in total. The van der Waals surface area contributed by atoms with E-state index in [0.29, 0.717) is 19.0 Å². The largest absolute Gasteiger partial charge is 0.415 e. The van der Waals surface area contributed by atoms with Crippen molar-refractivity contribution in [2.45, 2.75) is 19.2 Å². The van der Waals surface area contributed by atoms with Gasteiger partial charge in [0.1, 0.15) is 0 Å². The predicted octanol–water partition coefficient (Wildman–Crippen LogP) is 0.861.